The number of allylic oxidation sites excluding steroid dienone is 1. The summed E-state index contributed by atoms with van der Waals surface area (Å²) in [6.45, 7) is 3.74. The standard InChI is InChI=1S/C21H18O2/c1-2-3-14-18-15-19(20(22)16-10-6-4-7-11-16)21(23-18)17-12-8-5-9-13-17/h2,4-13,15H,1,3,14H2. The van der Waals surface area contributed by atoms with Gasteiger partial charge in [0.1, 0.15) is 11.5 Å². The third kappa shape index (κ3) is 3.32. The van der Waals surface area contributed by atoms with Gasteiger partial charge in [-0.2, -0.15) is 0 Å². The quantitative estimate of drug-likeness (QED) is 0.457. The molecule has 0 unspecified atom stereocenters. The molecular weight excluding hydrogens is 284 g/mol. The highest BCUT2D eigenvalue weighted by Gasteiger charge is 2.20. The summed E-state index contributed by atoms with van der Waals surface area (Å²) >= 11 is 0. The number of carbonyl (C=O) groups is 1. The molecule has 1 heterocycles. The van der Waals surface area contributed by atoms with Crippen molar-refractivity contribution in [1.82, 2.24) is 0 Å². The number of benzene rings is 2. The molecule has 23 heavy (non-hydrogen) atoms. The average Bonchev–Trinajstić information content (AvgIpc) is 3.05. The minimum atomic E-state index is -0.0157. The van der Waals surface area contributed by atoms with Crippen LogP contribution in [-0.2, 0) is 6.42 Å². The first-order chi connectivity index (χ1) is 11.3. The van der Waals surface area contributed by atoms with Crippen LogP contribution < -0.4 is 0 Å². The molecule has 0 fully saturated rings. The van der Waals surface area contributed by atoms with Gasteiger partial charge >= 0.3 is 0 Å². The fourth-order valence-corrected chi connectivity index (χ4v) is 2.53. The monoisotopic (exact) mass is 302 g/mol. The van der Waals surface area contributed by atoms with Gasteiger partial charge in [-0.15, -0.1) is 6.58 Å². The maximum Gasteiger partial charge on any atom is 0.196 e. The summed E-state index contributed by atoms with van der Waals surface area (Å²) in [5.74, 6) is 1.43. The van der Waals surface area contributed by atoms with Crippen molar-refractivity contribution in [3.05, 3.63) is 96.3 Å². The van der Waals surface area contributed by atoms with E-state index in [1.807, 2.05) is 72.8 Å². The topological polar surface area (TPSA) is 30.2 Å². The Labute approximate surface area is 136 Å². The number of hydrogen-bond acceptors (Lipinski definition) is 2. The van der Waals surface area contributed by atoms with Crippen molar-refractivity contribution >= 4 is 5.78 Å². The third-order valence-electron chi connectivity index (χ3n) is 3.69. The van der Waals surface area contributed by atoms with Gasteiger partial charge in [0.2, 0.25) is 0 Å². The van der Waals surface area contributed by atoms with Gasteiger partial charge in [-0.25, -0.2) is 0 Å². The van der Waals surface area contributed by atoms with Crippen LogP contribution in [0.2, 0.25) is 0 Å². The van der Waals surface area contributed by atoms with Crippen LogP contribution in [0.3, 0.4) is 0 Å². The zero-order chi connectivity index (χ0) is 16.1. The molecule has 2 nitrogen and oxygen atoms in total. The molecular formula is C21H18O2. The molecule has 114 valence electrons. The lowest BCUT2D eigenvalue weighted by molar-refractivity contribution is 0.103. The van der Waals surface area contributed by atoms with Gasteiger partial charge in [-0.1, -0.05) is 66.7 Å². The molecule has 0 aliphatic carbocycles. The van der Waals surface area contributed by atoms with Crippen LogP contribution >= 0.6 is 0 Å². The molecule has 0 saturated heterocycles. The average molecular weight is 302 g/mol. The maximum absolute atomic E-state index is 12.8. The number of hydrogen-bond donors (Lipinski definition) is 0. The highest BCUT2D eigenvalue weighted by Crippen LogP contribution is 2.29. The normalized spacial score (nSPS) is 10.4. The molecule has 0 radical (unpaired) electrons. The molecule has 3 rings (SSSR count). The van der Waals surface area contributed by atoms with Crippen molar-refractivity contribution < 1.29 is 9.21 Å². The Morgan fingerprint density at radius 3 is 2.30 bits per heavy atom. The molecule has 0 bridgehead atoms. The molecule has 0 amide bonds. The Morgan fingerprint density at radius 1 is 1.00 bits per heavy atom. The maximum atomic E-state index is 12.8. The van der Waals surface area contributed by atoms with Gasteiger partial charge in [0, 0.05) is 17.5 Å². The van der Waals surface area contributed by atoms with Gasteiger partial charge in [-0.3, -0.25) is 4.79 Å². The SMILES string of the molecule is C=CCCc1cc(C(=O)c2ccccc2)c(-c2ccccc2)o1. The second-order valence-electron chi connectivity index (χ2n) is 5.34. The van der Waals surface area contributed by atoms with Gasteiger partial charge in [-0.05, 0) is 12.5 Å². The number of rotatable bonds is 6. The molecule has 0 saturated carbocycles. The van der Waals surface area contributed by atoms with Crippen molar-refractivity contribution in [2.75, 3.05) is 0 Å². The summed E-state index contributed by atoms with van der Waals surface area (Å²) in [6, 6.07) is 20.9. The molecule has 0 spiro atoms. The highest BCUT2D eigenvalue weighted by molar-refractivity contribution is 6.12. The summed E-state index contributed by atoms with van der Waals surface area (Å²) < 4.78 is 5.98. The number of aryl methyl sites for hydroxylation is 1. The van der Waals surface area contributed by atoms with E-state index in [1.165, 1.54) is 0 Å². The van der Waals surface area contributed by atoms with Gasteiger partial charge in [0.25, 0.3) is 0 Å². The van der Waals surface area contributed by atoms with Crippen LogP contribution in [0.5, 0.6) is 0 Å². The molecule has 0 atom stereocenters. The molecule has 0 aliphatic rings. The zero-order valence-electron chi connectivity index (χ0n) is 12.9. The fourth-order valence-electron chi connectivity index (χ4n) is 2.53. The highest BCUT2D eigenvalue weighted by atomic mass is 16.3. The van der Waals surface area contributed by atoms with E-state index in [2.05, 4.69) is 6.58 Å². The van der Waals surface area contributed by atoms with Gasteiger partial charge in [0.15, 0.2) is 5.78 Å². The molecule has 1 aromatic heterocycles. The Balaban J connectivity index is 2.05. The van der Waals surface area contributed by atoms with Crippen molar-refractivity contribution in [1.29, 1.82) is 0 Å². The third-order valence-corrected chi connectivity index (χ3v) is 3.69. The first-order valence-corrected chi connectivity index (χ1v) is 7.68. The predicted molar refractivity (Wildman–Crippen MR) is 92.5 cm³/mol. The first kappa shape index (κ1) is 15.0. The lowest BCUT2D eigenvalue weighted by atomic mass is 10.00. The lowest BCUT2D eigenvalue weighted by Crippen LogP contribution is -2.01. The number of ketones is 1. The first-order valence-electron chi connectivity index (χ1n) is 7.68. The summed E-state index contributed by atoms with van der Waals surface area (Å²) in [4.78, 5) is 12.8. The Bertz CT molecular complexity index is 798. The largest absolute Gasteiger partial charge is 0.460 e. The van der Waals surface area contributed by atoms with E-state index in [9.17, 15) is 4.79 Å². The Kier molecular flexibility index (Phi) is 4.53. The van der Waals surface area contributed by atoms with E-state index in [0.717, 1.165) is 24.2 Å². The van der Waals surface area contributed by atoms with Crippen LogP contribution in [0.25, 0.3) is 11.3 Å². The van der Waals surface area contributed by atoms with E-state index in [1.54, 1.807) is 0 Å². The van der Waals surface area contributed by atoms with E-state index >= 15 is 0 Å². The van der Waals surface area contributed by atoms with Crippen LogP contribution in [-0.4, -0.2) is 5.78 Å². The lowest BCUT2D eigenvalue weighted by Gasteiger charge is -2.02. The van der Waals surface area contributed by atoms with Gasteiger partial charge < -0.3 is 4.42 Å². The number of furan rings is 1. The summed E-state index contributed by atoms with van der Waals surface area (Å²) in [7, 11) is 0. The summed E-state index contributed by atoms with van der Waals surface area (Å²) in [5, 5.41) is 0. The Hall–Kier alpha value is -2.87. The molecule has 3 aromatic rings. The second-order valence-corrected chi connectivity index (χ2v) is 5.34. The Morgan fingerprint density at radius 2 is 1.65 bits per heavy atom. The van der Waals surface area contributed by atoms with E-state index in [0.29, 0.717) is 16.9 Å². The van der Waals surface area contributed by atoms with Crippen molar-refractivity contribution in [3.8, 4) is 11.3 Å². The summed E-state index contributed by atoms with van der Waals surface area (Å²) in [6.07, 6.45) is 3.41. The zero-order valence-corrected chi connectivity index (χ0v) is 12.9. The van der Waals surface area contributed by atoms with E-state index in [4.69, 9.17) is 4.42 Å². The molecule has 2 heteroatoms. The van der Waals surface area contributed by atoms with Crippen molar-refractivity contribution in [2.45, 2.75) is 12.8 Å². The minimum absolute atomic E-state index is 0.0157. The molecule has 2 aromatic carbocycles. The minimum Gasteiger partial charge on any atom is -0.460 e. The summed E-state index contributed by atoms with van der Waals surface area (Å²) in [5.41, 5.74) is 2.19. The predicted octanol–water partition coefficient (Wildman–Crippen LogP) is 5.30. The van der Waals surface area contributed by atoms with Crippen LogP contribution in [0.1, 0.15) is 28.1 Å². The molecule has 0 aliphatic heterocycles. The van der Waals surface area contributed by atoms with Crippen LogP contribution in [0.15, 0.2) is 83.8 Å². The van der Waals surface area contributed by atoms with E-state index < -0.39 is 0 Å². The van der Waals surface area contributed by atoms with E-state index in [-0.39, 0.29) is 5.78 Å². The van der Waals surface area contributed by atoms with Gasteiger partial charge in [0.05, 0.1) is 5.56 Å². The smallest absolute Gasteiger partial charge is 0.196 e. The fraction of sp³-hybridized carbons (Fsp3) is 0.0952. The van der Waals surface area contributed by atoms with Crippen molar-refractivity contribution in [2.24, 2.45) is 0 Å². The van der Waals surface area contributed by atoms with Crippen LogP contribution in [0, 0.1) is 0 Å². The van der Waals surface area contributed by atoms with Crippen molar-refractivity contribution in [3.63, 3.8) is 0 Å². The second kappa shape index (κ2) is 6.93. The number of carbonyl (C=O) groups excluding carboxylic acids is 1. The van der Waals surface area contributed by atoms with Crippen LogP contribution in [0.4, 0.5) is 0 Å². The molecule has 0 N–H and O–H groups in total.